The molecule has 9 aromatic rings. The Bertz CT molecular complexity index is 3620. The molecule has 2 nitrogen and oxygen atoms in total. The second-order valence-corrected chi connectivity index (χ2v) is 9.10. The molecule has 2 aromatic heterocycles. The topological polar surface area (TPSA) is 26.3 Å². The molecule has 0 fully saturated rings. The summed E-state index contributed by atoms with van der Waals surface area (Å²) >= 11 is 0. The third-order valence-corrected chi connectivity index (χ3v) is 6.95. The highest BCUT2D eigenvalue weighted by Gasteiger charge is 2.25. The van der Waals surface area contributed by atoms with E-state index in [-0.39, 0.29) is 16.2 Å². The van der Waals surface area contributed by atoms with Gasteiger partial charge in [0.15, 0.2) is 11.2 Å². The fourth-order valence-corrected chi connectivity index (χ4v) is 5.29. The lowest BCUT2D eigenvalue weighted by Gasteiger charge is -2.17. The van der Waals surface area contributed by atoms with Crippen LogP contribution < -0.4 is 0 Å². The van der Waals surface area contributed by atoms with Crippen LogP contribution in [-0.4, -0.2) is 0 Å². The van der Waals surface area contributed by atoms with Crippen molar-refractivity contribution in [3.8, 4) is 33.6 Å². The highest BCUT2D eigenvalue weighted by atomic mass is 16.4. The first-order valence-corrected chi connectivity index (χ1v) is 12.4. The Morgan fingerprint density at radius 1 is 0.357 bits per heavy atom. The summed E-state index contributed by atoms with van der Waals surface area (Å²) in [4.78, 5) is 0. The second kappa shape index (κ2) is 8.95. The molecule has 2 heterocycles. The van der Waals surface area contributed by atoms with Gasteiger partial charge >= 0.3 is 0 Å². The molecule has 0 atom stereocenters. The van der Waals surface area contributed by atoms with Crippen molar-refractivity contribution in [2.24, 2.45) is 0 Å². The van der Waals surface area contributed by atoms with Gasteiger partial charge in [0, 0.05) is 27.3 Å². The fraction of sp³-hybridized carbons (Fsp3) is 0. The first-order valence-electron chi connectivity index (χ1n) is 23.9. The smallest absolute Gasteiger partial charge is 0.178 e. The summed E-state index contributed by atoms with van der Waals surface area (Å²) in [6.07, 6.45) is 0. The zero-order valence-corrected chi connectivity index (χ0v) is 20.9. The van der Waals surface area contributed by atoms with Gasteiger partial charge in [0.05, 0.1) is 31.5 Å². The largest absolute Gasteiger partial charge is 0.452 e. The van der Waals surface area contributed by atoms with Gasteiger partial charge in [-0.3, -0.25) is 0 Å². The van der Waals surface area contributed by atoms with Gasteiger partial charge in [0.25, 0.3) is 0 Å². The van der Waals surface area contributed by atoms with Gasteiger partial charge in [0.2, 0.25) is 0 Å². The van der Waals surface area contributed by atoms with Crippen LogP contribution in [0.25, 0.3) is 88.0 Å². The van der Waals surface area contributed by atoms with E-state index in [1.165, 1.54) is 0 Å². The molecule has 0 aliphatic heterocycles. The van der Waals surface area contributed by atoms with E-state index in [4.69, 9.17) is 33.5 Å². The first kappa shape index (κ1) is 10.0. The van der Waals surface area contributed by atoms with Gasteiger partial charge in [-0.25, -0.2) is 0 Å². The van der Waals surface area contributed by atoms with Crippen LogP contribution in [0, 0.1) is 0 Å². The summed E-state index contributed by atoms with van der Waals surface area (Å²) in [5, 5.41) is -3.27. The van der Waals surface area contributed by atoms with Crippen molar-refractivity contribution in [2.75, 3.05) is 0 Å². The monoisotopic (exact) mass is 559 g/mol. The Hall–Kier alpha value is -5.60. The number of hydrogen-bond donors (Lipinski definition) is 0. The molecule has 196 valence electrons. The minimum atomic E-state index is -0.923. The van der Waals surface area contributed by atoms with Gasteiger partial charge in [-0.2, -0.15) is 0 Å². The minimum absolute atomic E-state index is 0.220. The van der Waals surface area contributed by atoms with Gasteiger partial charge in [-0.05, 0) is 56.4 Å². The third-order valence-electron chi connectivity index (χ3n) is 6.95. The normalized spacial score (nSPS) is 19.5. The van der Waals surface area contributed by atoms with E-state index >= 15 is 0 Å². The molecule has 0 aliphatic rings. The maximum Gasteiger partial charge on any atom is 0.178 e. The van der Waals surface area contributed by atoms with Crippen molar-refractivity contribution >= 4 is 54.5 Å². The molecular formula is C40H24O2. The van der Waals surface area contributed by atoms with Crippen LogP contribution in [-0.2, 0) is 0 Å². The summed E-state index contributed by atoms with van der Waals surface area (Å²) in [5.74, 6) is -0.678. The molecule has 0 saturated heterocycles. The molecule has 0 saturated carbocycles. The van der Waals surface area contributed by atoms with E-state index in [1.807, 2.05) is 0 Å². The van der Waals surface area contributed by atoms with Crippen LogP contribution in [0.4, 0.5) is 0 Å². The molecule has 0 N–H and O–H groups in total. The quantitative estimate of drug-likeness (QED) is 0.201. The summed E-state index contributed by atoms with van der Waals surface area (Å²) in [6.45, 7) is 0. The van der Waals surface area contributed by atoms with Crippen LogP contribution in [0.1, 0.15) is 31.5 Å². The molecule has 0 amide bonds. The van der Waals surface area contributed by atoms with Crippen LogP contribution >= 0.6 is 0 Å². The van der Waals surface area contributed by atoms with Crippen LogP contribution in [0.3, 0.4) is 0 Å². The SMILES string of the molecule is [2H]c1c([2H])c([2H])c(-c2c(-c3c4c([2H])c([2H])c([2H])c([2H])c4c(-c4c([2H])c([2H])c([2H])c([2H])c4[2H])c4c([2H])c([2H])c([2H])c([2H])c34)oc3c2cc([2H])c2c3oc3c([2H])c([2H])c([2H])c([2H])c32)c([2H])c1[2H]. The Labute approximate surface area is 274 Å². The van der Waals surface area contributed by atoms with E-state index in [9.17, 15) is 6.85 Å². The summed E-state index contributed by atoms with van der Waals surface area (Å²) in [7, 11) is 0. The standard InChI is InChI=1S/C40H24O2/c1-3-13-25(14-4-1)35-28-18-7-9-20-30(28)37(31-21-10-8-19-29(31)35)40-36(26-15-5-2-6-16-26)33-24-23-32-27-17-11-12-22-34(27)41-38(32)39(33)42-40/h1-24H/i1D,2D,3D,4D,5D,6D,7D,8D,9D,10D,11D,12D,13D,14D,15D,16D,17D,18D,19D,20D,21D,22D,23D. The van der Waals surface area contributed by atoms with E-state index in [0.717, 1.165) is 6.07 Å². The molecule has 2 heteroatoms. The molecule has 7 aromatic carbocycles. The van der Waals surface area contributed by atoms with Crippen molar-refractivity contribution in [3.05, 3.63) is 145 Å². The lowest BCUT2D eigenvalue weighted by molar-refractivity contribution is 0.613. The zero-order valence-electron chi connectivity index (χ0n) is 43.9. The summed E-state index contributed by atoms with van der Waals surface area (Å²) in [6, 6.07) is -18.0. The molecular weight excluding hydrogens is 512 g/mol. The number of hydrogen-bond acceptors (Lipinski definition) is 2. The van der Waals surface area contributed by atoms with Gasteiger partial charge in [-0.1, -0.05) is 127 Å². The fourth-order valence-electron chi connectivity index (χ4n) is 5.29. The van der Waals surface area contributed by atoms with E-state index in [0.29, 0.717) is 0 Å². The van der Waals surface area contributed by atoms with Crippen LogP contribution in [0.5, 0.6) is 0 Å². The number of rotatable bonds is 3. The van der Waals surface area contributed by atoms with Crippen molar-refractivity contribution in [3.63, 3.8) is 0 Å². The summed E-state index contributed by atoms with van der Waals surface area (Å²) in [5.41, 5.74) is -4.30. The predicted octanol–water partition coefficient (Wildman–Crippen LogP) is 11.6. The molecule has 0 spiro atoms. The number of fused-ring (bicyclic) bond motifs is 7. The van der Waals surface area contributed by atoms with Crippen molar-refractivity contribution in [2.45, 2.75) is 0 Å². The maximum absolute atomic E-state index is 9.41. The molecule has 0 aliphatic carbocycles. The van der Waals surface area contributed by atoms with Gasteiger partial charge < -0.3 is 8.83 Å². The Morgan fingerprint density at radius 3 is 1.45 bits per heavy atom. The van der Waals surface area contributed by atoms with E-state index in [1.54, 1.807) is 0 Å². The van der Waals surface area contributed by atoms with Crippen LogP contribution in [0.2, 0.25) is 0 Å². The highest BCUT2D eigenvalue weighted by Crippen LogP contribution is 2.50. The highest BCUT2D eigenvalue weighted by molar-refractivity contribution is 6.24. The average Bonchev–Trinajstić information content (AvgIpc) is 3.87. The molecule has 0 unspecified atom stereocenters. The maximum atomic E-state index is 9.41. The second-order valence-electron chi connectivity index (χ2n) is 9.10. The number of para-hydroxylation sites is 1. The first-order chi connectivity index (χ1) is 30.4. The molecule has 0 radical (unpaired) electrons. The molecule has 42 heavy (non-hydrogen) atoms. The molecule has 0 bridgehead atoms. The minimum Gasteiger partial charge on any atom is -0.452 e. The lowest BCUT2D eigenvalue weighted by Crippen LogP contribution is -1.91. The van der Waals surface area contributed by atoms with Gasteiger partial charge in [-0.15, -0.1) is 0 Å². The molecule has 9 rings (SSSR count). The van der Waals surface area contributed by atoms with E-state index in [2.05, 4.69) is 0 Å². The van der Waals surface area contributed by atoms with Crippen molar-refractivity contribution in [1.82, 2.24) is 0 Å². The van der Waals surface area contributed by atoms with Crippen molar-refractivity contribution < 1.29 is 40.4 Å². The van der Waals surface area contributed by atoms with Crippen LogP contribution in [0.15, 0.2) is 154 Å². The Balaban J connectivity index is 1.68. The zero-order chi connectivity index (χ0) is 47.6. The average molecular weight is 560 g/mol. The summed E-state index contributed by atoms with van der Waals surface area (Å²) < 4.78 is 215. The van der Waals surface area contributed by atoms with Crippen molar-refractivity contribution in [1.29, 1.82) is 0 Å². The Kier molecular flexibility index (Phi) is 2.14. The van der Waals surface area contributed by atoms with Gasteiger partial charge in [0.1, 0.15) is 11.3 Å². The van der Waals surface area contributed by atoms with E-state index < -0.39 is 211 Å². The Morgan fingerprint density at radius 2 is 0.833 bits per heavy atom. The lowest BCUT2D eigenvalue weighted by atomic mass is 9.86. The number of furan rings is 2. The third kappa shape index (κ3) is 3.27. The number of benzene rings is 7. The predicted molar refractivity (Wildman–Crippen MR) is 175 cm³/mol.